The molecule has 2 rings (SSSR count). The SMILES string of the molecule is Cc1ccc(F)cc1CC(=O)CC1CCC1. The number of carbonyl (C=O) groups is 1. The van der Waals surface area contributed by atoms with E-state index in [1.165, 1.54) is 31.4 Å². The van der Waals surface area contributed by atoms with Gasteiger partial charge in [-0.15, -0.1) is 0 Å². The quantitative estimate of drug-likeness (QED) is 0.759. The van der Waals surface area contributed by atoms with Crippen molar-refractivity contribution in [2.24, 2.45) is 5.92 Å². The molecule has 1 fully saturated rings. The molecule has 0 aliphatic heterocycles. The largest absolute Gasteiger partial charge is 0.299 e. The van der Waals surface area contributed by atoms with Crippen LogP contribution in [-0.2, 0) is 11.2 Å². The van der Waals surface area contributed by atoms with E-state index in [9.17, 15) is 9.18 Å². The molecule has 0 saturated heterocycles. The van der Waals surface area contributed by atoms with Crippen molar-refractivity contribution in [1.82, 2.24) is 0 Å². The van der Waals surface area contributed by atoms with Crippen molar-refractivity contribution in [1.29, 1.82) is 0 Å². The number of ketones is 1. The summed E-state index contributed by atoms with van der Waals surface area (Å²) in [6, 6.07) is 4.66. The Hall–Kier alpha value is -1.18. The van der Waals surface area contributed by atoms with Crippen LogP contribution < -0.4 is 0 Å². The normalized spacial score (nSPS) is 15.9. The minimum atomic E-state index is -0.253. The second kappa shape index (κ2) is 4.77. The number of aryl methyl sites for hydroxylation is 1. The number of hydrogen-bond acceptors (Lipinski definition) is 1. The predicted octanol–water partition coefficient (Wildman–Crippen LogP) is 3.44. The van der Waals surface area contributed by atoms with Gasteiger partial charge in [-0.25, -0.2) is 4.39 Å². The minimum Gasteiger partial charge on any atom is -0.299 e. The maximum absolute atomic E-state index is 13.0. The van der Waals surface area contributed by atoms with Gasteiger partial charge in [0, 0.05) is 12.8 Å². The van der Waals surface area contributed by atoms with Gasteiger partial charge in [-0.3, -0.25) is 4.79 Å². The lowest BCUT2D eigenvalue weighted by Gasteiger charge is -2.24. The van der Waals surface area contributed by atoms with Crippen LogP contribution in [0.1, 0.15) is 36.8 Å². The Morgan fingerprint density at radius 2 is 2.19 bits per heavy atom. The highest BCUT2D eigenvalue weighted by atomic mass is 19.1. The van der Waals surface area contributed by atoms with Gasteiger partial charge in [0.2, 0.25) is 0 Å². The molecule has 0 heterocycles. The van der Waals surface area contributed by atoms with Gasteiger partial charge in [-0.2, -0.15) is 0 Å². The van der Waals surface area contributed by atoms with Crippen molar-refractivity contribution in [2.75, 3.05) is 0 Å². The van der Waals surface area contributed by atoms with Crippen molar-refractivity contribution in [3.05, 3.63) is 35.1 Å². The number of rotatable bonds is 4. The zero-order valence-electron chi connectivity index (χ0n) is 9.63. The molecule has 1 aromatic carbocycles. The van der Waals surface area contributed by atoms with Crippen LogP contribution in [0.5, 0.6) is 0 Å². The van der Waals surface area contributed by atoms with E-state index in [0.29, 0.717) is 18.8 Å². The van der Waals surface area contributed by atoms with E-state index in [0.717, 1.165) is 11.1 Å². The molecule has 0 spiro atoms. The fourth-order valence-corrected chi connectivity index (χ4v) is 2.13. The lowest BCUT2D eigenvalue weighted by molar-refractivity contribution is -0.119. The smallest absolute Gasteiger partial charge is 0.137 e. The molecule has 1 aliphatic carbocycles. The van der Waals surface area contributed by atoms with Crippen molar-refractivity contribution in [3.8, 4) is 0 Å². The zero-order chi connectivity index (χ0) is 11.5. The van der Waals surface area contributed by atoms with Crippen LogP contribution >= 0.6 is 0 Å². The Balaban J connectivity index is 1.96. The topological polar surface area (TPSA) is 17.1 Å². The van der Waals surface area contributed by atoms with Crippen LogP contribution in [0.2, 0.25) is 0 Å². The lowest BCUT2D eigenvalue weighted by atomic mass is 9.81. The van der Waals surface area contributed by atoms with Gasteiger partial charge in [-0.1, -0.05) is 25.3 Å². The summed E-state index contributed by atoms with van der Waals surface area (Å²) in [6.45, 7) is 1.92. The van der Waals surface area contributed by atoms with Crippen LogP contribution in [0.3, 0.4) is 0 Å². The van der Waals surface area contributed by atoms with Crippen LogP contribution in [0.25, 0.3) is 0 Å². The fraction of sp³-hybridized carbons (Fsp3) is 0.500. The van der Waals surface area contributed by atoms with Crippen molar-refractivity contribution in [3.63, 3.8) is 0 Å². The molecule has 2 heteroatoms. The highest BCUT2D eigenvalue weighted by molar-refractivity contribution is 5.81. The van der Waals surface area contributed by atoms with E-state index in [1.807, 2.05) is 6.92 Å². The van der Waals surface area contributed by atoms with Crippen LogP contribution in [0, 0.1) is 18.7 Å². The third-order valence-electron chi connectivity index (χ3n) is 3.44. The molecule has 0 unspecified atom stereocenters. The summed E-state index contributed by atoms with van der Waals surface area (Å²) >= 11 is 0. The standard InChI is InChI=1S/C14H17FO/c1-10-5-6-13(15)8-12(10)9-14(16)7-11-3-2-4-11/h5-6,8,11H,2-4,7,9H2,1H3. The van der Waals surface area contributed by atoms with E-state index in [2.05, 4.69) is 0 Å². The van der Waals surface area contributed by atoms with E-state index < -0.39 is 0 Å². The first-order valence-corrected chi connectivity index (χ1v) is 5.92. The summed E-state index contributed by atoms with van der Waals surface area (Å²) in [5.74, 6) is 0.594. The molecule has 1 nitrogen and oxygen atoms in total. The third kappa shape index (κ3) is 2.69. The first-order chi connectivity index (χ1) is 7.65. The molecule has 1 aromatic rings. The molecule has 0 N–H and O–H groups in total. The summed E-state index contributed by atoms with van der Waals surface area (Å²) in [6.07, 6.45) is 4.70. The number of Topliss-reactive ketones (excluding diaryl/α,β-unsaturated/α-hetero) is 1. The summed E-state index contributed by atoms with van der Waals surface area (Å²) in [5, 5.41) is 0. The number of halogens is 1. The molecule has 0 radical (unpaired) electrons. The van der Waals surface area contributed by atoms with Crippen molar-refractivity contribution >= 4 is 5.78 Å². The second-order valence-corrected chi connectivity index (χ2v) is 4.79. The van der Waals surface area contributed by atoms with Gasteiger partial charge in [0.1, 0.15) is 11.6 Å². The highest BCUT2D eigenvalue weighted by Gasteiger charge is 2.20. The van der Waals surface area contributed by atoms with E-state index in [-0.39, 0.29) is 11.6 Å². The first-order valence-electron chi connectivity index (χ1n) is 5.92. The Morgan fingerprint density at radius 1 is 1.44 bits per heavy atom. The maximum Gasteiger partial charge on any atom is 0.137 e. The molecule has 0 aromatic heterocycles. The molecule has 1 saturated carbocycles. The number of carbonyl (C=O) groups excluding carboxylic acids is 1. The molecule has 0 bridgehead atoms. The number of benzene rings is 1. The molecule has 16 heavy (non-hydrogen) atoms. The van der Waals surface area contributed by atoms with Gasteiger partial charge in [0.25, 0.3) is 0 Å². The number of hydrogen-bond donors (Lipinski definition) is 0. The third-order valence-corrected chi connectivity index (χ3v) is 3.44. The Morgan fingerprint density at radius 3 is 2.81 bits per heavy atom. The van der Waals surface area contributed by atoms with E-state index >= 15 is 0 Å². The molecule has 0 amide bonds. The van der Waals surface area contributed by atoms with E-state index in [1.54, 1.807) is 6.07 Å². The summed E-state index contributed by atoms with van der Waals surface area (Å²) in [5.41, 5.74) is 1.84. The monoisotopic (exact) mass is 220 g/mol. The van der Waals surface area contributed by atoms with Gasteiger partial charge in [-0.05, 0) is 36.1 Å². The second-order valence-electron chi connectivity index (χ2n) is 4.79. The van der Waals surface area contributed by atoms with Crippen LogP contribution in [0.15, 0.2) is 18.2 Å². The summed E-state index contributed by atoms with van der Waals surface area (Å²) < 4.78 is 13.0. The predicted molar refractivity (Wildman–Crippen MR) is 61.8 cm³/mol. The van der Waals surface area contributed by atoms with E-state index in [4.69, 9.17) is 0 Å². The van der Waals surface area contributed by atoms with Crippen molar-refractivity contribution in [2.45, 2.75) is 39.0 Å². The molecular weight excluding hydrogens is 203 g/mol. The van der Waals surface area contributed by atoms with Crippen LogP contribution in [-0.4, -0.2) is 5.78 Å². The highest BCUT2D eigenvalue weighted by Crippen LogP contribution is 2.30. The average molecular weight is 220 g/mol. The Labute approximate surface area is 95.7 Å². The maximum atomic E-state index is 13.0. The Bertz CT molecular complexity index is 394. The van der Waals surface area contributed by atoms with Gasteiger partial charge < -0.3 is 0 Å². The Kier molecular flexibility index (Phi) is 3.37. The van der Waals surface area contributed by atoms with Crippen LogP contribution in [0.4, 0.5) is 4.39 Å². The molecule has 1 aliphatic rings. The van der Waals surface area contributed by atoms with Gasteiger partial charge in [0.15, 0.2) is 0 Å². The lowest BCUT2D eigenvalue weighted by Crippen LogP contribution is -2.17. The zero-order valence-corrected chi connectivity index (χ0v) is 9.63. The molecule has 0 atom stereocenters. The average Bonchev–Trinajstić information content (AvgIpc) is 2.18. The summed E-state index contributed by atoms with van der Waals surface area (Å²) in [4.78, 5) is 11.8. The van der Waals surface area contributed by atoms with Crippen molar-refractivity contribution < 1.29 is 9.18 Å². The molecular formula is C14H17FO. The minimum absolute atomic E-state index is 0.249. The molecule has 86 valence electrons. The van der Waals surface area contributed by atoms with Gasteiger partial charge in [0.05, 0.1) is 0 Å². The summed E-state index contributed by atoms with van der Waals surface area (Å²) in [7, 11) is 0. The van der Waals surface area contributed by atoms with Gasteiger partial charge >= 0.3 is 0 Å². The first kappa shape index (κ1) is 11.3. The fourth-order valence-electron chi connectivity index (χ4n) is 2.13.